The summed E-state index contributed by atoms with van der Waals surface area (Å²) in [7, 11) is 0. The van der Waals surface area contributed by atoms with Gasteiger partial charge in [0.15, 0.2) is 0 Å². The number of nitrogens with two attached hydrogens (primary N) is 1. The van der Waals surface area contributed by atoms with E-state index in [-0.39, 0.29) is 6.54 Å². The molecule has 2 aromatic rings. The molecule has 0 fully saturated rings. The van der Waals surface area contributed by atoms with Crippen molar-refractivity contribution in [2.75, 3.05) is 0 Å². The third-order valence-electron chi connectivity index (χ3n) is 3.02. The number of aryl methyl sites for hydroxylation is 1. The lowest BCUT2D eigenvalue weighted by Crippen LogP contribution is -2.29. The number of fused-ring (bicyclic) bond motifs is 1. The summed E-state index contributed by atoms with van der Waals surface area (Å²) in [6.07, 6.45) is 2.09. The zero-order valence-corrected chi connectivity index (χ0v) is 10.5. The van der Waals surface area contributed by atoms with Crippen LogP contribution >= 0.6 is 0 Å². The number of para-hydroxylation sites is 2. The van der Waals surface area contributed by atoms with Gasteiger partial charge in [0.05, 0.1) is 11.0 Å². The third-order valence-corrected chi connectivity index (χ3v) is 3.02. The van der Waals surface area contributed by atoms with Crippen LogP contribution in [0.4, 0.5) is 0 Å². The summed E-state index contributed by atoms with van der Waals surface area (Å²) in [5, 5.41) is 8.16. The molecule has 0 aliphatic rings. The first kappa shape index (κ1) is 12.4. The molecule has 96 valence electrons. The van der Waals surface area contributed by atoms with Crippen molar-refractivity contribution in [1.29, 1.82) is 5.41 Å². The van der Waals surface area contributed by atoms with Gasteiger partial charge < -0.3 is 14.9 Å². The Bertz CT molecular complexity index is 623. The maximum Gasteiger partial charge on any atom is 0.237 e. The maximum atomic E-state index is 11.1. The Labute approximate surface area is 105 Å². The second kappa shape index (κ2) is 5.08. The molecule has 0 aliphatic heterocycles. The van der Waals surface area contributed by atoms with Crippen molar-refractivity contribution in [3.8, 4) is 0 Å². The molecule has 5 heteroatoms. The lowest BCUT2D eigenvalue weighted by atomic mass is 10.3. The molecule has 0 spiro atoms. The van der Waals surface area contributed by atoms with Gasteiger partial charge in [0.2, 0.25) is 11.5 Å². The number of benzene rings is 1. The predicted octanol–water partition coefficient (Wildman–Crippen LogP) is 1.21. The van der Waals surface area contributed by atoms with E-state index in [0.29, 0.717) is 5.62 Å². The second-order valence-electron chi connectivity index (χ2n) is 4.37. The standard InChI is InChI=1S/C13H18N4O/c1-2-3-8-16-10-6-4-5-7-11(10)17(13(16)15)9-12(14)18/h4-7,15H,2-3,8-9H2,1H3,(H2,14,18). The Morgan fingerprint density at radius 2 is 1.89 bits per heavy atom. The van der Waals surface area contributed by atoms with Crippen molar-refractivity contribution in [2.45, 2.75) is 32.9 Å². The fourth-order valence-electron chi connectivity index (χ4n) is 2.15. The normalized spacial score (nSPS) is 10.9. The molecule has 5 nitrogen and oxygen atoms in total. The number of amides is 1. The molecule has 1 aromatic heterocycles. The Balaban J connectivity index is 2.59. The number of nitrogens with zero attached hydrogens (tertiary/aromatic N) is 2. The zero-order chi connectivity index (χ0) is 13.1. The number of carbonyl (C=O) groups excluding carboxylic acids is 1. The summed E-state index contributed by atoms with van der Waals surface area (Å²) in [6, 6.07) is 7.74. The van der Waals surface area contributed by atoms with E-state index in [2.05, 4.69) is 6.92 Å². The number of aromatic nitrogens is 2. The highest BCUT2D eigenvalue weighted by Gasteiger charge is 2.11. The fraction of sp³-hybridized carbons (Fsp3) is 0.385. The van der Waals surface area contributed by atoms with Gasteiger partial charge in [-0.3, -0.25) is 10.2 Å². The Kier molecular flexibility index (Phi) is 3.50. The Morgan fingerprint density at radius 1 is 1.28 bits per heavy atom. The minimum absolute atomic E-state index is 0.0540. The van der Waals surface area contributed by atoms with Crippen LogP contribution in [0.5, 0.6) is 0 Å². The average molecular weight is 246 g/mol. The van der Waals surface area contributed by atoms with Crippen LogP contribution in [-0.2, 0) is 17.9 Å². The molecule has 2 rings (SSSR count). The van der Waals surface area contributed by atoms with Crippen molar-refractivity contribution < 1.29 is 4.79 Å². The minimum atomic E-state index is -0.424. The summed E-state index contributed by atoms with van der Waals surface area (Å²) in [5.41, 5.74) is 7.45. The highest BCUT2D eigenvalue weighted by molar-refractivity contribution is 5.79. The zero-order valence-electron chi connectivity index (χ0n) is 10.5. The van der Waals surface area contributed by atoms with Gasteiger partial charge in [0, 0.05) is 6.54 Å². The van der Waals surface area contributed by atoms with Crippen LogP contribution in [0, 0.1) is 5.41 Å². The molecule has 0 unspecified atom stereocenters. The lowest BCUT2D eigenvalue weighted by Gasteiger charge is -2.02. The van der Waals surface area contributed by atoms with Crippen LogP contribution in [0.1, 0.15) is 19.8 Å². The van der Waals surface area contributed by atoms with Gasteiger partial charge in [-0.05, 0) is 18.6 Å². The lowest BCUT2D eigenvalue weighted by molar-refractivity contribution is -0.118. The highest BCUT2D eigenvalue weighted by Crippen LogP contribution is 2.13. The van der Waals surface area contributed by atoms with Crippen molar-refractivity contribution >= 4 is 16.9 Å². The first-order valence-corrected chi connectivity index (χ1v) is 6.16. The van der Waals surface area contributed by atoms with E-state index >= 15 is 0 Å². The van der Waals surface area contributed by atoms with Crippen LogP contribution in [0.25, 0.3) is 11.0 Å². The van der Waals surface area contributed by atoms with E-state index in [1.807, 2.05) is 28.8 Å². The summed E-state index contributed by atoms with van der Waals surface area (Å²) < 4.78 is 3.59. The largest absolute Gasteiger partial charge is 0.368 e. The van der Waals surface area contributed by atoms with E-state index < -0.39 is 5.91 Å². The molecule has 0 bridgehead atoms. The smallest absolute Gasteiger partial charge is 0.237 e. The van der Waals surface area contributed by atoms with E-state index in [1.165, 1.54) is 0 Å². The van der Waals surface area contributed by atoms with Crippen LogP contribution < -0.4 is 11.4 Å². The van der Waals surface area contributed by atoms with Crippen LogP contribution in [0.15, 0.2) is 24.3 Å². The fourth-order valence-corrected chi connectivity index (χ4v) is 2.15. The highest BCUT2D eigenvalue weighted by atomic mass is 16.1. The Morgan fingerprint density at radius 3 is 2.44 bits per heavy atom. The molecule has 0 atom stereocenters. The molecule has 0 aliphatic carbocycles. The molecule has 18 heavy (non-hydrogen) atoms. The van der Waals surface area contributed by atoms with Crippen molar-refractivity contribution in [2.24, 2.45) is 5.73 Å². The summed E-state index contributed by atoms with van der Waals surface area (Å²) >= 11 is 0. The van der Waals surface area contributed by atoms with E-state index in [0.717, 1.165) is 30.4 Å². The van der Waals surface area contributed by atoms with Gasteiger partial charge >= 0.3 is 0 Å². The van der Waals surface area contributed by atoms with Gasteiger partial charge in [-0.1, -0.05) is 25.5 Å². The molecule has 1 aromatic carbocycles. The average Bonchev–Trinajstić information content (AvgIpc) is 2.60. The van der Waals surface area contributed by atoms with E-state index in [4.69, 9.17) is 11.1 Å². The summed E-state index contributed by atoms with van der Waals surface area (Å²) in [5.74, 6) is -0.424. The Hall–Kier alpha value is -2.04. The quantitative estimate of drug-likeness (QED) is 0.817. The number of nitrogens with one attached hydrogen (secondary N) is 1. The van der Waals surface area contributed by atoms with Gasteiger partial charge in [0.25, 0.3) is 0 Å². The van der Waals surface area contributed by atoms with Crippen LogP contribution in [0.2, 0.25) is 0 Å². The van der Waals surface area contributed by atoms with Gasteiger partial charge in [-0.15, -0.1) is 0 Å². The van der Waals surface area contributed by atoms with Crippen molar-refractivity contribution in [3.63, 3.8) is 0 Å². The molecule has 0 saturated carbocycles. The number of imidazole rings is 1. The predicted molar refractivity (Wildman–Crippen MR) is 69.9 cm³/mol. The first-order valence-electron chi connectivity index (χ1n) is 6.16. The second-order valence-corrected chi connectivity index (χ2v) is 4.37. The summed E-state index contributed by atoms with van der Waals surface area (Å²) in [6.45, 7) is 2.97. The number of hydrogen-bond donors (Lipinski definition) is 2. The number of unbranched alkanes of at least 4 members (excludes halogenated alkanes) is 1. The van der Waals surface area contributed by atoms with Gasteiger partial charge in [-0.25, -0.2) is 0 Å². The molecule has 1 heterocycles. The molecular weight excluding hydrogens is 228 g/mol. The van der Waals surface area contributed by atoms with Gasteiger partial charge in [-0.2, -0.15) is 0 Å². The maximum absolute atomic E-state index is 11.1. The van der Waals surface area contributed by atoms with Gasteiger partial charge in [0.1, 0.15) is 6.54 Å². The monoisotopic (exact) mass is 246 g/mol. The molecule has 3 N–H and O–H groups in total. The van der Waals surface area contributed by atoms with Crippen LogP contribution in [0.3, 0.4) is 0 Å². The number of rotatable bonds is 5. The van der Waals surface area contributed by atoms with E-state index in [9.17, 15) is 4.79 Å². The van der Waals surface area contributed by atoms with E-state index in [1.54, 1.807) is 4.57 Å². The van der Waals surface area contributed by atoms with Crippen molar-refractivity contribution in [3.05, 3.63) is 29.9 Å². The SMILES string of the molecule is CCCCn1c(=N)n(CC(N)=O)c2ccccc21. The number of primary amides is 1. The molecule has 0 radical (unpaired) electrons. The topological polar surface area (TPSA) is 76.8 Å². The number of carbonyl (C=O) groups is 1. The third kappa shape index (κ3) is 2.16. The van der Waals surface area contributed by atoms with Crippen molar-refractivity contribution in [1.82, 2.24) is 9.13 Å². The van der Waals surface area contributed by atoms with Crippen LogP contribution in [-0.4, -0.2) is 15.0 Å². The minimum Gasteiger partial charge on any atom is -0.368 e. The first-order chi connectivity index (χ1) is 8.65. The number of hydrogen-bond acceptors (Lipinski definition) is 2. The molecular formula is C13H18N4O. The summed E-state index contributed by atoms with van der Waals surface area (Å²) in [4.78, 5) is 11.1. The molecule has 0 saturated heterocycles. The molecule has 1 amide bonds.